The summed E-state index contributed by atoms with van der Waals surface area (Å²) in [4.78, 5) is 7.03. The quantitative estimate of drug-likeness (QED) is 0.530. The summed E-state index contributed by atoms with van der Waals surface area (Å²) >= 11 is 0. The number of halogens is 1. The zero-order valence-corrected chi connectivity index (χ0v) is 18.6. The van der Waals surface area contributed by atoms with Gasteiger partial charge in [-0.2, -0.15) is 0 Å². The molecular weight excluding hydrogens is 399 g/mol. The van der Waals surface area contributed by atoms with Crippen molar-refractivity contribution in [1.29, 1.82) is 0 Å². The molecule has 31 heavy (non-hydrogen) atoms. The van der Waals surface area contributed by atoms with Crippen molar-refractivity contribution in [1.82, 2.24) is 15.5 Å². The van der Waals surface area contributed by atoms with Crippen molar-refractivity contribution >= 4 is 5.96 Å². The molecule has 2 N–H and O–H groups in total. The molecule has 2 heterocycles. The van der Waals surface area contributed by atoms with Gasteiger partial charge < -0.3 is 24.8 Å². The molecule has 0 spiro atoms. The molecule has 1 saturated carbocycles. The lowest BCUT2D eigenvalue weighted by atomic mass is 9.80. The van der Waals surface area contributed by atoms with Gasteiger partial charge in [0.1, 0.15) is 11.6 Å². The lowest BCUT2D eigenvalue weighted by molar-refractivity contribution is -0.0352. The first-order valence-electron chi connectivity index (χ1n) is 11.5. The fraction of sp³-hybridized carbons (Fsp3) is 0.696. The van der Waals surface area contributed by atoms with E-state index in [2.05, 4.69) is 20.5 Å². The van der Waals surface area contributed by atoms with Crippen LogP contribution in [0.1, 0.15) is 43.2 Å². The Labute approximate surface area is 184 Å². The number of rotatable bonds is 6. The van der Waals surface area contributed by atoms with E-state index in [1.165, 1.54) is 38.2 Å². The Balaban J connectivity index is 1.33. The highest BCUT2D eigenvalue weighted by molar-refractivity contribution is 5.79. The smallest absolute Gasteiger partial charge is 0.191 e. The molecule has 0 aromatic heterocycles. The molecular formula is C23H35FN4O3. The SMILES string of the molecule is CN=C(NCCc1cc(F)cc2c1OCOC2)NCC1(N2CCOCC2)CCCCC1. The van der Waals surface area contributed by atoms with Crippen LogP contribution in [0.2, 0.25) is 0 Å². The van der Waals surface area contributed by atoms with Gasteiger partial charge in [0.25, 0.3) is 0 Å². The number of hydrogen-bond donors (Lipinski definition) is 2. The Morgan fingerprint density at radius 3 is 2.71 bits per heavy atom. The molecule has 4 rings (SSSR count). The average molecular weight is 435 g/mol. The number of aliphatic imine (C=N–C) groups is 1. The Bertz CT molecular complexity index is 761. The first kappa shape index (κ1) is 22.3. The lowest BCUT2D eigenvalue weighted by Gasteiger charge is -2.48. The van der Waals surface area contributed by atoms with Gasteiger partial charge in [-0.15, -0.1) is 0 Å². The van der Waals surface area contributed by atoms with E-state index in [9.17, 15) is 4.39 Å². The fourth-order valence-corrected chi connectivity index (χ4v) is 5.08. The van der Waals surface area contributed by atoms with Crippen LogP contribution in [0.15, 0.2) is 17.1 Å². The minimum atomic E-state index is -0.255. The van der Waals surface area contributed by atoms with Crippen LogP contribution in [0.5, 0.6) is 5.75 Å². The second-order valence-electron chi connectivity index (χ2n) is 8.65. The molecule has 2 fully saturated rings. The maximum atomic E-state index is 14.0. The van der Waals surface area contributed by atoms with Crippen LogP contribution in [0.4, 0.5) is 4.39 Å². The summed E-state index contributed by atoms with van der Waals surface area (Å²) in [6.07, 6.45) is 6.95. The van der Waals surface area contributed by atoms with Crippen molar-refractivity contribution in [2.75, 3.05) is 53.2 Å². The van der Waals surface area contributed by atoms with E-state index in [-0.39, 0.29) is 18.1 Å². The van der Waals surface area contributed by atoms with E-state index in [4.69, 9.17) is 14.2 Å². The molecule has 1 saturated heterocycles. The first-order chi connectivity index (χ1) is 15.2. The van der Waals surface area contributed by atoms with Crippen molar-refractivity contribution in [2.24, 2.45) is 4.99 Å². The monoisotopic (exact) mass is 434 g/mol. The van der Waals surface area contributed by atoms with Crippen LogP contribution in [-0.2, 0) is 22.5 Å². The predicted octanol–water partition coefficient (Wildman–Crippen LogP) is 2.43. The van der Waals surface area contributed by atoms with Crippen molar-refractivity contribution in [3.63, 3.8) is 0 Å². The van der Waals surface area contributed by atoms with Crippen molar-refractivity contribution < 1.29 is 18.6 Å². The standard InChI is InChI=1S/C23H35FN4O3/c1-25-22(26-8-5-18-13-20(24)14-19-15-30-17-31-21(18)19)27-16-23(6-3-2-4-7-23)28-9-11-29-12-10-28/h13-14H,2-12,15-17H2,1H3,(H2,25,26,27). The molecule has 8 heteroatoms. The van der Waals surface area contributed by atoms with Crippen LogP contribution in [0, 0.1) is 5.82 Å². The Morgan fingerprint density at radius 1 is 1.13 bits per heavy atom. The highest BCUT2D eigenvalue weighted by Gasteiger charge is 2.38. The molecule has 2 aliphatic heterocycles. The highest BCUT2D eigenvalue weighted by Crippen LogP contribution is 2.34. The predicted molar refractivity (Wildman–Crippen MR) is 118 cm³/mol. The lowest BCUT2D eigenvalue weighted by Crippen LogP contribution is -2.60. The minimum Gasteiger partial charge on any atom is -0.467 e. The number of fused-ring (bicyclic) bond motifs is 1. The maximum absolute atomic E-state index is 14.0. The third-order valence-electron chi connectivity index (χ3n) is 6.71. The molecule has 0 radical (unpaired) electrons. The Kier molecular flexibility index (Phi) is 7.63. The van der Waals surface area contributed by atoms with Crippen LogP contribution in [0.25, 0.3) is 0 Å². The molecule has 3 aliphatic rings. The summed E-state index contributed by atoms with van der Waals surface area (Å²) in [5, 5.41) is 6.96. The largest absolute Gasteiger partial charge is 0.467 e. The topological polar surface area (TPSA) is 67.4 Å². The molecule has 0 bridgehead atoms. The molecule has 1 aromatic carbocycles. The minimum absolute atomic E-state index is 0.176. The zero-order valence-electron chi connectivity index (χ0n) is 18.6. The molecule has 1 aliphatic carbocycles. The van der Waals surface area contributed by atoms with Gasteiger partial charge in [-0.05, 0) is 37.0 Å². The van der Waals surface area contributed by atoms with E-state index >= 15 is 0 Å². The third kappa shape index (κ3) is 5.48. The summed E-state index contributed by atoms with van der Waals surface area (Å²) in [7, 11) is 1.79. The van der Waals surface area contributed by atoms with E-state index in [0.29, 0.717) is 19.6 Å². The normalized spacial score (nSPS) is 21.8. The van der Waals surface area contributed by atoms with Gasteiger partial charge in [-0.1, -0.05) is 19.3 Å². The first-order valence-corrected chi connectivity index (χ1v) is 11.5. The number of ether oxygens (including phenoxy) is 3. The van der Waals surface area contributed by atoms with Crippen molar-refractivity contribution in [2.45, 2.75) is 50.7 Å². The second kappa shape index (κ2) is 10.6. The second-order valence-corrected chi connectivity index (χ2v) is 8.65. The van der Waals surface area contributed by atoms with Crippen LogP contribution in [-0.4, -0.2) is 69.6 Å². The van der Waals surface area contributed by atoms with Gasteiger partial charge in [-0.3, -0.25) is 9.89 Å². The zero-order chi connectivity index (χ0) is 21.5. The molecule has 0 atom stereocenters. The number of nitrogens with one attached hydrogen (secondary N) is 2. The van der Waals surface area contributed by atoms with E-state index in [0.717, 1.165) is 55.7 Å². The fourth-order valence-electron chi connectivity index (χ4n) is 5.08. The third-order valence-corrected chi connectivity index (χ3v) is 6.71. The summed E-state index contributed by atoms with van der Waals surface area (Å²) in [6.45, 7) is 5.77. The van der Waals surface area contributed by atoms with Crippen LogP contribution in [0.3, 0.4) is 0 Å². The molecule has 0 amide bonds. The summed E-state index contributed by atoms with van der Waals surface area (Å²) in [5.41, 5.74) is 1.81. The summed E-state index contributed by atoms with van der Waals surface area (Å²) in [6, 6.07) is 3.04. The molecule has 0 unspecified atom stereocenters. The van der Waals surface area contributed by atoms with Gasteiger partial charge >= 0.3 is 0 Å². The van der Waals surface area contributed by atoms with Gasteiger partial charge in [0, 0.05) is 44.3 Å². The molecule has 172 valence electrons. The van der Waals surface area contributed by atoms with Gasteiger partial charge in [0.2, 0.25) is 0 Å². The number of nitrogens with zero attached hydrogens (tertiary/aromatic N) is 2. The van der Waals surface area contributed by atoms with E-state index in [1.807, 2.05) is 0 Å². The molecule has 1 aromatic rings. The molecule has 7 nitrogen and oxygen atoms in total. The summed E-state index contributed by atoms with van der Waals surface area (Å²) in [5.74, 6) is 1.29. The van der Waals surface area contributed by atoms with Crippen molar-refractivity contribution in [3.05, 3.63) is 29.1 Å². The van der Waals surface area contributed by atoms with Gasteiger partial charge in [-0.25, -0.2) is 4.39 Å². The van der Waals surface area contributed by atoms with Crippen LogP contribution >= 0.6 is 0 Å². The Morgan fingerprint density at radius 2 is 1.94 bits per heavy atom. The number of guanidine groups is 1. The number of morpholine rings is 1. The van der Waals surface area contributed by atoms with Gasteiger partial charge in [0.15, 0.2) is 12.8 Å². The number of hydrogen-bond acceptors (Lipinski definition) is 5. The van der Waals surface area contributed by atoms with Gasteiger partial charge in [0.05, 0.1) is 19.8 Å². The van der Waals surface area contributed by atoms with E-state index < -0.39 is 0 Å². The Hall–Kier alpha value is -1.90. The van der Waals surface area contributed by atoms with Crippen LogP contribution < -0.4 is 15.4 Å². The highest BCUT2D eigenvalue weighted by atomic mass is 19.1. The average Bonchev–Trinajstić information content (AvgIpc) is 2.82. The maximum Gasteiger partial charge on any atom is 0.191 e. The van der Waals surface area contributed by atoms with E-state index in [1.54, 1.807) is 13.1 Å². The summed E-state index contributed by atoms with van der Waals surface area (Å²) < 4.78 is 30.4. The number of benzene rings is 1. The van der Waals surface area contributed by atoms with Crippen molar-refractivity contribution in [3.8, 4) is 5.75 Å².